The zero-order valence-corrected chi connectivity index (χ0v) is 16.0. The van der Waals surface area contributed by atoms with Crippen molar-refractivity contribution in [1.29, 1.82) is 0 Å². The van der Waals surface area contributed by atoms with Crippen LogP contribution in [0.1, 0.15) is 0 Å². The standard InChI is InChI=1S/C20H18O12/c21-5-12-15(26)18(29)20(32-12)31-11-2-6(1-9(24)14(11)25)19-17(28)16(27)13-8(23)3-7(22)4-10(13)30-19/h1-4,12,15,18,20-26,28-29H,5H2/t12-,15+,18-,20-/m1/s1. The van der Waals surface area contributed by atoms with E-state index < -0.39 is 82.3 Å². The summed E-state index contributed by atoms with van der Waals surface area (Å²) < 4.78 is 15.9. The molecule has 4 atom stereocenters. The fourth-order valence-corrected chi connectivity index (χ4v) is 3.37. The minimum atomic E-state index is -1.60. The molecule has 0 saturated carbocycles. The first kappa shape index (κ1) is 21.5. The molecule has 32 heavy (non-hydrogen) atoms. The van der Waals surface area contributed by atoms with E-state index in [2.05, 4.69) is 0 Å². The second kappa shape index (κ2) is 7.76. The Bertz CT molecular complexity index is 1250. The Labute approximate surface area is 178 Å². The molecule has 0 bridgehead atoms. The van der Waals surface area contributed by atoms with E-state index in [0.717, 1.165) is 24.3 Å². The van der Waals surface area contributed by atoms with E-state index in [9.17, 15) is 40.5 Å². The fourth-order valence-electron chi connectivity index (χ4n) is 3.37. The molecule has 2 aromatic carbocycles. The van der Waals surface area contributed by atoms with Crippen LogP contribution < -0.4 is 10.2 Å². The lowest BCUT2D eigenvalue weighted by atomic mass is 10.1. The number of ether oxygens (including phenoxy) is 2. The molecule has 170 valence electrons. The third-order valence-corrected chi connectivity index (χ3v) is 4.99. The van der Waals surface area contributed by atoms with Crippen molar-refractivity contribution in [3.8, 4) is 45.8 Å². The van der Waals surface area contributed by atoms with Crippen molar-refractivity contribution in [1.82, 2.24) is 0 Å². The Morgan fingerprint density at radius 3 is 2.28 bits per heavy atom. The Hall–Kier alpha value is -3.71. The first-order chi connectivity index (χ1) is 15.1. The number of aliphatic hydroxyl groups excluding tert-OH is 3. The van der Waals surface area contributed by atoms with Crippen molar-refractivity contribution in [2.75, 3.05) is 6.61 Å². The van der Waals surface area contributed by atoms with Crippen LogP contribution in [0.25, 0.3) is 22.3 Å². The van der Waals surface area contributed by atoms with Crippen molar-refractivity contribution in [2.45, 2.75) is 24.6 Å². The lowest BCUT2D eigenvalue weighted by Crippen LogP contribution is -2.35. The fraction of sp³-hybridized carbons (Fsp3) is 0.250. The Kier molecular flexibility index (Phi) is 5.22. The maximum Gasteiger partial charge on any atom is 0.238 e. The minimum absolute atomic E-state index is 0.165. The molecule has 0 unspecified atom stereocenters. The summed E-state index contributed by atoms with van der Waals surface area (Å²) in [6, 6.07) is 3.89. The van der Waals surface area contributed by atoms with Gasteiger partial charge in [-0.1, -0.05) is 0 Å². The summed E-state index contributed by atoms with van der Waals surface area (Å²) in [6.45, 7) is -0.620. The summed E-state index contributed by atoms with van der Waals surface area (Å²) in [5, 5.41) is 78.7. The Balaban J connectivity index is 1.81. The number of phenolic OH excluding ortho intramolecular Hbond substituents is 4. The molecule has 1 saturated heterocycles. The summed E-state index contributed by atoms with van der Waals surface area (Å²) in [5.41, 5.74) is -1.47. The van der Waals surface area contributed by atoms with Gasteiger partial charge in [0.1, 0.15) is 40.8 Å². The highest BCUT2D eigenvalue weighted by molar-refractivity contribution is 5.88. The SMILES string of the molecule is O=c1c(O)c(-c2cc(O)c(O)c(O[C@@H]3O[C@H](CO)[C@H](O)[C@H]3O)c2)oc2cc(O)cc(O)c12. The van der Waals surface area contributed by atoms with Gasteiger partial charge in [-0.3, -0.25) is 4.79 Å². The van der Waals surface area contributed by atoms with Crippen LogP contribution in [0.5, 0.6) is 34.5 Å². The summed E-state index contributed by atoms with van der Waals surface area (Å²) in [4.78, 5) is 12.5. The van der Waals surface area contributed by atoms with Gasteiger partial charge in [0.05, 0.1) is 6.61 Å². The van der Waals surface area contributed by atoms with Crippen LogP contribution in [0.2, 0.25) is 0 Å². The summed E-state index contributed by atoms with van der Waals surface area (Å²) in [7, 11) is 0. The van der Waals surface area contributed by atoms with Gasteiger partial charge in [-0.2, -0.15) is 0 Å². The molecule has 8 N–H and O–H groups in total. The molecule has 0 spiro atoms. The average molecular weight is 450 g/mol. The second-order valence-electron chi connectivity index (χ2n) is 7.11. The van der Waals surface area contributed by atoms with Gasteiger partial charge in [-0.15, -0.1) is 0 Å². The molecule has 12 heteroatoms. The summed E-state index contributed by atoms with van der Waals surface area (Å²) >= 11 is 0. The van der Waals surface area contributed by atoms with Crippen LogP contribution in [0.15, 0.2) is 33.5 Å². The van der Waals surface area contributed by atoms with Gasteiger partial charge in [0, 0.05) is 17.7 Å². The van der Waals surface area contributed by atoms with Gasteiger partial charge in [0.15, 0.2) is 17.3 Å². The molecule has 0 amide bonds. The van der Waals surface area contributed by atoms with Gasteiger partial charge in [-0.05, 0) is 12.1 Å². The normalized spacial score (nSPS) is 23.0. The van der Waals surface area contributed by atoms with Gasteiger partial charge >= 0.3 is 0 Å². The summed E-state index contributed by atoms with van der Waals surface area (Å²) in [5.74, 6) is -4.50. The van der Waals surface area contributed by atoms with Crippen LogP contribution in [-0.4, -0.2) is 72.1 Å². The molecular formula is C20H18O12. The zero-order chi connectivity index (χ0) is 23.3. The van der Waals surface area contributed by atoms with Crippen LogP contribution in [0.3, 0.4) is 0 Å². The van der Waals surface area contributed by atoms with Crippen molar-refractivity contribution in [2.24, 2.45) is 0 Å². The van der Waals surface area contributed by atoms with Crippen molar-refractivity contribution in [3.63, 3.8) is 0 Å². The van der Waals surface area contributed by atoms with E-state index >= 15 is 0 Å². The largest absolute Gasteiger partial charge is 0.508 e. The molecular weight excluding hydrogens is 432 g/mol. The predicted octanol–water partition coefficient (Wildman–Crippen LogP) is -0.194. The Morgan fingerprint density at radius 1 is 0.906 bits per heavy atom. The lowest BCUT2D eigenvalue weighted by Gasteiger charge is -2.18. The topological polar surface area (TPSA) is 211 Å². The molecule has 1 fully saturated rings. The quantitative estimate of drug-likeness (QED) is 0.243. The van der Waals surface area contributed by atoms with E-state index in [0.29, 0.717) is 0 Å². The number of rotatable bonds is 4. The van der Waals surface area contributed by atoms with E-state index in [1.165, 1.54) is 0 Å². The van der Waals surface area contributed by atoms with E-state index in [-0.39, 0.29) is 11.1 Å². The molecule has 0 aliphatic carbocycles. The maximum atomic E-state index is 12.5. The van der Waals surface area contributed by atoms with Crippen LogP contribution >= 0.6 is 0 Å². The third kappa shape index (κ3) is 3.40. The highest BCUT2D eigenvalue weighted by atomic mass is 16.7. The van der Waals surface area contributed by atoms with E-state index in [4.69, 9.17) is 19.0 Å². The molecule has 3 aromatic rings. The van der Waals surface area contributed by atoms with Crippen LogP contribution in [0.4, 0.5) is 0 Å². The smallest absolute Gasteiger partial charge is 0.238 e. The maximum absolute atomic E-state index is 12.5. The third-order valence-electron chi connectivity index (χ3n) is 4.99. The molecule has 12 nitrogen and oxygen atoms in total. The first-order valence-corrected chi connectivity index (χ1v) is 9.19. The number of hydrogen-bond acceptors (Lipinski definition) is 12. The zero-order valence-electron chi connectivity index (χ0n) is 16.0. The number of aromatic hydroxyl groups is 5. The average Bonchev–Trinajstić information content (AvgIpc) is 3.01. The minimum Gasteiger partial charge on any atom is -0.508 e. The van der Waals surface area contributed by atoms with E-state index in [1.807, 2.05) is 0 Å². The van der Waals surface area contributed by atoms with Crippen LogP contribution in [0, 0.1) is 0 Å². The highest BCUT2D eigenvalue weighted by Crippen LogP contribution is 2.43. The van der Waals surface area contributed by atoms with Gasteiger partial charge in [0.2, 0.25) is 23.2 Å². The number of phenols is 4. The number of aliphatic hydroxyl groups is 3. The highest BCUT2D eigenvalue weighted by Gasteiger charge is 2.44. The Morgan fingerprint density at radius 2 is 1.62 bits per heavy atom. The number of hydrogen-bond donors (Lipinski definition) is 8. The van der Waals surface area contributed by atoms with Crippen molar-refractivity contribution in [3.05, 3.63) is 34.5 Å². The van der Waals surface area contributed by atoms with Crippen LogP contribution in [-0.2, 0) is 4.74 Å². The molecule has 2 heterocycles. The van der Waals surface area contributed by atoms with Crippen molar-refractivity contribution < 1.29 is 54.7 Å². The van der Waals surface area contributed by atoms with E-state index in [1.54, 1.807) is 0 Å². The first-order valence-electron chi connectivity index (χ1n) is 9.19. The predicted molar refractivity (Wildman–Crippen MR) is 105 cm³/mol. The monoisotopic (exact) mass is 450 g/mol. The van der Waals surface area contributed by atoms with Crippen molar-refractivity contribution >= 4 is 11.0 Å². The van der Waals surface area contributed by atoms with Gasteiger partial charge < -0.3 is 54.7 Å². The number of benzene rings is 2. The number of fused-ring (bicyclic) bond motifs is 1. The van der Waals surface area contributed by atoms with Gasteiger partial charge in [0.25, 0.3) is 0 Å². The molecule has 1 aliphatic rings. The molecule has 1 aromatic heterocycles. The second-order valence-corrected chi connectivity index (χ2v) is 7.11. The lowest BCUT2D eigenvalue weighted by molar-refractivity contribution is -0.117. The summed E-state index contributed by atoms with van der Waals surface area (Å²) in [6.07, 6.45) is -5.77. The molecule has 4 rings (SSSR count). The van der Waals surface area contributed by atoms with Gasteiger partial charge in [-0.25, -0.2) is 0 Å². The molecule has 1 aliphatic heterocycles. The molecule has 0 radical (unpaired) electrons.